The lowest BCUT2D eigenvalue weighted by molar-refractivity contribution is -0.127. The van der Waals surface area contributed by atoms with Gasteiger partial charge in [-0.2, -0.15) is 4.98 Å². The zero-order chi connectivity index (χ0) is 25.5. The summed E-state index contributed by atoms with van der Waals surface area (Å²) in [5, 5.41) is 7.31. The fraction of sp³-hybridized carbons (Fsp3) is 0.483. The lowest BCUT2D eigenvalue weighted by Crippen LogP contribution is -2.42. The predicted octanol–water partition coefficient (Wildman–Crippen LogP) is 4.26. The maximum absolute atomic E-state index is 13.0. The van der Waals surface area contributed by atoms with E-state index in [0.717, 1.165) is 42.8 Å². The second-order valence-corrected chi connectivity index (χ2v) is 10.2. The third-order valence-corrected chi connectivity index (χ3v) is 7.36. The molecular formula is C29H37N5O3. The summed E-state index contributed by atoms with van der Waals surface area (Å²) >= 11 is 0. The van der Waals surface area contributed by atoms with Gasteiger partial charge in [0.1, 0.15) is 5.75 Å². The Kier molecular flexibility index (Phi) is 8.48. The second-order valence-electron chi connectivity index (χ2n) is 10.2. The van der Waals surface area contributed by atoms with Crippen molar-refractivity contribution in [1.82, 2.24) is 25.3 Å². The first-order valence-electron chi connectivity index (χ1n) is 13.4. The molecule has 196 valence electrons. The summed E-state index contributed by atoms with van der Waals surface area (Å²) in [5.41, 5.74) is 3.37. The van der Waals surface area contributed by atoms with E-state index >= 15 is 0 Å². The number of rotatable bonds is 9. The van der Waals surface area contributed by atoms with Crippen molar-refractivity contribution in [3.05, 3.63) is 65.5 Å². The van der Waals surface area contributed by atoms with Crippen LogP contribution in [0.5, 0.6) is 5.75 Å². The van der Waals surface area contributed by atoms with Crippen LogP contribution >= 0.6 is 0 Å². The van der Waals surface area contributed by atoms with Crippen LogP contribution in [0.3, 0.4) is 0 Å². The molecule has 0 saturated carbocycles. The number of carbonyl (C=O) groups is 1. The number of hydrogen-bond donors (Lipinski definition) is 1. The standard InChI is InChI=1S/C29H37N5O3/c1-36-26-12-10-24(11-13-26)28-31-27(37-32-28)21-34-16-6-9-25(20-34)29(35)30-18-22-7-5-8-23(17-22)19-33-14-3-2-4-15-33/h5,7-8,10-13,17,25H,2-4,6,9,14-16,18-21H2,1H3,(H,30,35). The molecule has 2 aliphatic rings. The van der Waals surface area contributed by atoms with Gasteiger partial charge in [0.15, 0.2) is 0 Å². The smallest absolute Gasteiger partial charge is 0.241 e. The van der Waals surface area contributed by atoms with Crippen LogP contribution in [0, 0.1) is 5.92 Å². The lowest BCUT2D eigenvalue weighted by atomic mass is 9.97. The molecule has 1 atom stereocenters. The second kappa shape index (κ2) is 12.3. The van der Waals surface area contributed by atoms with Crippen LogP contribution in [0.1, 0.15) is 49.1 Å². The minimum Gasteiger partial charge on any atom is -0.497 e. The number of likely N-dealkylation sites (tertiary alicyclic amines) is 2. The van der Waals surface area contributed by atoms with Crippen LogP contribution < -0.4 is 10.1 Å². The minimum atomic E-state index is -0.0331. The van der Waals surface area contributed by atoms with E-state index in [-0.39, 0.29) is 11.8 Å². The molecule has 3 heterocycles. The van der Waals surface area contributed by atoms with Crippen molar-refractivity contribution in [3.8, 4) is 17.1 Å². The fourth-order valence-corrected chi connectivity index (χ4v) is 5.33. The average molecular weight is 504 g/mol. The van der Waals surface area contributed by atoms with Gasteiger partial charge in [0.05, 0.1) is 19.6 Å². The molecule has 5 rings (SSSR count). The van der Waals surface area contributed by atoms with Crippen LogP contribution in [0.4, 0.5) is 0 Å². The molecule has 37 heavy (non-hydrogen) atoms. The number of piperidine rings is 2. The Balaban J connectivity index is 1.11. The number of nitrogens with zero attached hydrogens (tertiary/aromatic N) is 4. The van der Waals surface area contributed by atoms with Gasteiger partial charge in [-0.15, -0.1) is 0 Å². The summed E-state index contributed by atoms with van der Waals surface area (Å²) < 4.78 is 10.7. The third kappa shape index (κ3) is 6.96. The molecule has 2 aromatic carbocycles. The van der Waals surface area contributed by atoms with Crippen LogP contribution in [0.2, 0.25) is 0 Å². The number of amides is 1. The summed E-state index contributed by atoms with van der Waals surface area (Å²) in [4.78, 5) is 22.3. The molecule has 3 aromatic rings. The molecule has 1 aromatic heterocycles. The lowest BCUT2D eigenvalue weighted by Gasteiger charge is -2.30. The Morgan fingerprint density at radius 2 is 1.78 bits per heavy atom. The number of methoxy groups -OCH3 is 1. The van der Waals surface area contributed by atoms with E-state index in [1.807, 2.05) is 24.3 Å². The van der Waals surface area contributed by atoms with Gasteiger partial charge in [-0.25, -0.2) is 0 Å². The predicted molar refractivity (Wildman–Crippen MR) is 142 cm³/mol. The number of ether oxygens (including phenoxy) is 1. The molecule has 2 saturated heterocycles. The Morgan fingerprint density at radius 3 is 2.59 bits per heavy atom. The summed E-state index contributed by atoms with van der Waals surface area (Å²) in [6.45, 7) is 6.10. The summed E-state index contributed by atoms with van der Waals surface area (Å²) in [7, 11) is 1.64. The summed E-state index contributed by atoms with van der Waals surface area (Å²) in [6.07, 6.45) is 5.82. The molecule has 1 amide bonds. The van der Waals surface area contributed by atoms with Gasteiger partial charge in [-0.1, -0.05) is 35.8 Å². The highest BCUT2D eigenvalue weighted by Gasteiger charge is 2.27. The van der Waals surface area contributed by atoms with Gasteiger partial charge < -0.3 is 14.6 Å². The van der Waals surface area contributed by atoms with Gasteiger partial charge in [-0.3, -0.25) is 14.6 Å². The third-order valence-electron chi connectivity index (χ3n) is 7.36. The van der Waals surface area contributed by atoms with Gasteiger partial charge >= 0.3 is 0 Å². The molecule has 2 fully saturated rings. The van der Waals surface area contributed by atoms with E-state index in [4.69, 9.17) is 9.26 Å². The Labute approximate surface area is 219 Å². The number of carbonyl (C=O) groups excluding carboxylic acids is 1. The first kappa shape index (κ1) is 25.4. The van der Waals surface area contributed by atoms with Gasteiger partial charge in [0.2, 0.25) is 17.6 Å². The van der Waals surface area contributed by atoms with E-state index in [1.54, 1.807) is 7.11 Å². The van der Waals surface area contributed by atoms with Gasteiger partial charge in [-0.05, 0) is 80.7 Å². The largest absolute Gasteiger partial charge is 0.497 e. The normalized spacial score (nSPS) is 19.0. The van der Waals surface area contributed by atoms with E-state index in [1.165, 1.54) is 37.9 Å². The first-order valence-corrected chi connectivity index (χ1v) is 13.4. The first-order chi connectivity index (χ1) is 18.2. The maximum atomic E-state index is 13.0. The molecule has 1 unspecified atom stereocenters. The average Bonchev–Trinajstić information content (AvgIpc) is 3.41. The molecule has 8 nitrogen and oxygen atoms in total. The van der Waals surface area contributed by atoms with E-state index in [0.29, 0.717) is 31.3 Å². The van der Waals surface area contributed by atoms with Crippen LogP contribution in [-0.2, 0) is 24.4 Å². The zero-order valence-electron chi connectivity index (χ0n) is 21.7. The number of hydrogen-bond acceptors (Lipinski definition) is 7. The Hall–Kier alpha value is -3.23. The molecule has 0 aliphatic carbocycles. The van der Waals surface area contributed by atoms with Crippen molar-refractivity contribution < 1.29 is 14.1 Å². The van der Waals surface area contributed by atoms with Crippen LogP contribution in [0.25, 0.3) is 11.4 Å². The minimum absolute atomic E-state index is 0.0331. The molecule has 0 bridgehead atoms. The van der Waals surface area contributed by atoms with E-state index in [2.05, 4.69) is 49.5 Å². The van der Waals surface area contributed by atoms with Crippen molar-refractivity contribution in [3.63, 3.8) is 0 Å². The molecule has 2 aliphatic heterocycles. The highest BCUT2D eigenvalue weighted by Crippen LogP contribution is 2.22. The van der Waals surface area contributed by atoms with Crippen molar-refractivity contribution in [2.45, 2.75) is 51.7 Å². The van der Waals surface area contributed by atoms with Crippen molar-refractivity contribution in [2.24, 2.45) is 5.92 Å². The SMILES string of the molecule is COc1ccc(-c2noc(CN3CCCC(C(=O)NCc4cccc(CN5CCCCC5)c4)C3)n2)cc1. The summed E-state index contributed by atoms with van der Waals surface area (Å²) in [5.74, 6) is 2.00. The van der Waals surface area contributed by atoms with Gasteiger partial charge in [0.25, 0.3) is 0 Å². The van der Waals surface area contributed by atoms with Crippen LogP contribution in [0.15, 0.2) is 53.1 Å². The molecule has 8 heteroatoms. The number of benzene rings is 2. The monoisotopic (exact) mass is 503 g/mol. The molecule has 1 N–H and O–H groups in total. The molecule has 0 radical (unpaired) electrons. The summed E-state index contributed by atoms with van der Waals surface area (Å²) in [6, 6.07) is 16.2. The van der Waals surface area contributed by atoms with Crippen LogP contribution in [-0.4, -0.2) is 59.1 Å². The van der Waals surface area contributed by atoms with Crippen molar-refractivity contribution >= 4 is 5.91 Å². The number of nitrogens with one attached hydrogen (secondary N) is 1. The Morgan fingerprint density at radius 1 is 1.00 bits per heavy atom. The van der Waals surface area contributed by atoms with E-state index < -0.39 is 0 Å². The van der Waals surface area contributed by atoms with E-state index in [9.17, 15) is 4.79 Å². The molecular weight excluding hydrogens is 466 g/mol. The Bertz CT molecular complexity index is 1160. The van der Waals surface area contributed by atoms with Crippen molar-refractivity contribution in [1.29, 1.82) is 0 Å². The maximum Gasteiger partial charge on any atom is 0.241 e. The zero-order valence-corrected chi connectivity index (χ0v) is 21.7. The highest BCUT2D eigenvalue weighted by molar-refractivity contribution is 5.79. The fourth-order valence-electron chi connectivity index (χ4n) is 5.33. The van der Waals surface area contributed by atoms with Gasteiger partial charge in [0, 0.05) is 25.2 Å². The van der Waals surface area contributed by atoms with Crippen molar-refractivity contribution in [2.75, 3.05) is 33.3 Å². The number of aromatic nitrogens is 2. The quantitative estimate of drug-likeness (QED) is 0.467. The molecule has 0 spiro atoms. The topological polar surface area (TPSA) is 83.7 Å². The highest BCUT2D eigenvalue weighted by atomic mass is 16.5.